The van der Waals surface area contributed by atoms with Crippen molar-refractivity contribution in [1.82, 2.24) is 0 Å². The van der Waals surface area contributed by atoms with Gasteiger partial charge in [0.2, 0.25) is 0 Å². The molecule has 3 aliphatic rings. The highest BCUT2D eigenvalue weighted by molar-refractivity contribution is 5.83. The van der Waals surface area contributed by atoms with Crippen LogP contribution in [0.1, 0.15) is 73.1 Å². The van der Waals surface area contributed by atoms with Gasteiger partial charge >= 0.3 is 0 Å². The summed E-state index contributed by atoms with van der Waals surface area (Å²) in [5.74, 6) is 1.52. The summed E-state index contributed by atoms with van der Waals surface area (Å²) >= 11 is 0. The molecule has 0 aromatic heterocycles. The molecule has 1 saturated heterocycles. The van der Waals surface area contributed by atoms with Crippen molar-refractivity contribution < 1.29 is 14.3 Å². The van der Waals surface area contributed by atoms with Crippen LogP contribution >= 0.6 is 0 Å². The van der Waals surface area contributed by atoms with E-state index in [4.69, 9.17) is 9.47 Å². The fourth-order valence-corrected chi connectivity index (χ4v) is 5.58. The van der Waals surface area contributed by atoms with Crippen molar-refractivity contribution in [1.29, 1.82) is 0 Å². The van der Waals surface area contributed by atoms with Crippen molar-refractivity contribution in [2.45, 2.75) is 84.5 Å². The fourth-order valence-electron chi connectivity index (χ4n) is 5.58. The van der Waals surface area contributed by atoms with E-state index in [1.165, 1.54) is 12.8 Å². The zero-order valence-corrected chi connectivity index (χ0v) is 16.1. The van der Waals surface area contributed by atoms with Gasteiger partial charge in [0.1, 0.15) is 5.78 Å². The topological polar surface area (TPSA) is 35.5 Å². The Morgan fingerprint density at radius 3 is 2.67 bits per heavy atom. The quantitative estimate of drug-likeness (QED) is 0.686. The van der Waals surface area contributed by atoms with Gasteiger partial charge in [0.15, 0.2) is 5.79 Å². The largest absolute Gasteiger partial charge is 0.347 e. The zero-order chi connectivity index (χ0) is 17.6. The molecule has 0 aromatic rings. The molecule has 2 aliphatic carbocycles. The minimum Gasteiger partial charge on any atom is -0.347 e. The number of carbonyl (C=O) groups excluding carboxylic acids is 1. The minimum absolute atomic E-state index is 0.220. The highest BCUT2D eigenvalue weighted by atomic mass is 16.7. The predicted molar refractivity (Wildman–Crippen MR) is 95.6 cm³/mol. The maximum atomic E-state index is 12.3. The fraction of sp³-hybridized carbons (Fsp3) is 0.857. The number of hydrogen-bond donors (Lipinski definition) is 0. The average molecular weight is 335 g/mol. The lowest BCUT2D eigenvalue weighted by molar-refractivity contribution is -0.156. The van der Waals surface area contributed by atoms with Crippen LogP contribution in [0.4, 0.5) is 0 Å². The highest BCUT2D eigenvalue weighted by Gasteiger charge is 2.52. The van der Waals surface area contributed by atoms with Gasteiger partial charge in [0.25, 0.3) is 0 Å². The molecule has 3 heteroatoms. The summed E-state index contributed by atoms with van der Waals surface area (Å²) in [6.45, 7) is 11.4. The van der Waals surface area contributed by atoms with Crippen molar-refractivity contribution in [2.24, 2.45) is 23.2 Å². The van der Waals surface area contributed by atoms with Gasteiger partial charge in [-0.2, -0.15) is 0 Å². The predicted octanol–water partition coefficient (Wildman–Crippen LogP) is 4.90. The molecule has 0 amide bonds. The number of hydrogen-bond acceptors (Lipinski definition) is 3. The Kier molecular flexibility index (Phi) is 4.72. The van der Waals surface area contributed by atoms with E-state index in [-0.39, 0.29) is 11.0 Å². The molecule has 24 heavy (non-hydrogen) atoms. The maximum absolute atomic E-state index is 12.3. The molecule has 0 bridgehead atoms. The first-order chi connectivity index (χ1) is 11.2. The van der Waals surface area contributed by atoms with Gasteiger partial charge in [0.05, 0.1) is 12.2 Å². The number of ether oxygens (including phenoxy) is 2. The number of ketones is 1. The van der Waals surface area contributed by atoms with Gasteiger partial charge < -0.3 is 9.47 Å². The summed E-state index contributed by atoms with van der Waals surface area (Å²) < 4.78 is 11.8. The first kappa shape index (κ1) is 18.1. The van der Waals surface area contributed by atoms with Gasteiger partial charge in [-0.05, 0) is 70.1 Å². The second kappa shape index (κ2) is 6.25. The Morgan fingerprint density at radius 1 is 1.25 bits per heavy atom. The Labute approximate surface area is 147 Å². The lowest BCUT2D eigenvalue weighted by Crippen LogP contribution is -2.39. The molecule has 3 rings (SSSR count). The van der Waals surface area contributed by atoms with E-state index in [1.54, 1.807) is 0 Å². The Balaban J connectivity index is 1.61. The van der Waals surface area contributed by atoms with Crippen LogP contribution in [-0.2, 0) is 14.3 Å². The van der Waals surface area contributed by atoms with Crippen molar-refractivity contribution in [3.8, 4) is 0 Å². The average Bonchev–Trinajstić information content (AvgIpc) is 2.96. The number of carbonyl (C=O) groups is 1. The van der Waals surface area contributed by atoms with E-state index in [2.05, 4.69) is 32.9 Å². The maximum Gasteiger partial charge on any atom is 0.163 e. The smallest absolute Gasteiger partial charge is 0.163 e. The Bertz CT molecular complexity index is 523. The molecule has 1 aliphatic heterocycles. The first-order valence-corrected chi connectivity index (χ1v) is 9.69. The molecule has 2 saturated carbocycles. The summed E-state index contributed by atoms with van der Waals surface area (Å²) in [6, 6.07) is 0. The van der Waals surface area contributed by atoms with Gasteiger partial charge in [-0.3, -0.25) is 4.79 Å². The zero-order valence-electron chi connectivity index (χ0n) is 16.1. The van der Waals surface area contributed by atoms with Crippen LogP contribution in [0.2, 0.25) is 0 Å². The van der Waals surface area contributed by atoms with E-state index in [0.717, 1.165) is 25.7 Å². The molecule has 0 aromatic carbocycles. The van der Waals surface area contributed by atoms with Crippen LogP contribution in [0.5, 0.6) is 0 Å². The third kappa shape index (κ3) is 3.35. The summed E-state index contributed by atoms with van der Waals surface area (Å²) in [4.78, 5) is 12.3. The van der Waals surface area contributed by atoms with Crippen molar-refractivity contribution in [2.75, 3.05) is 6.61 Å². The first-order valence-electron chi connectivity index (χ1n) is 9.69. The number of Topliss-reactive ketones (excluding diaryl/α,β-unsaturated/α-hetero) is 1. The van der Waals surface area contributed by atoms with E-state index in [9.17, 15) is 4.79 Å². The van der Waals surface area contributed by atoms with E-state index in [0.29, 0.717) is 30.1 Å². The van der Waals surface area contributed by atoms with Gasteiger partial charge in [-0.25, -0.2) is 0 Å². The lowest BCUT2D eigenvalue weighted by atomic mass is 9.62. The van der Waals surface area contributed by atoms with Crippen LogP contribution in [0.15, 0.2) is 12.2 Å². The minimum atomic E-state index is -0.469. The van der Waals surface area contributed by atoms with Crippen molar-refractivity contribution in [3.63, 3.8) is 0 Å². The van der Waals surface area contributed by atoms with Crippen LogP contribution < -0.4 is 0 Å². The van der Waals surface area contributed by atoms with Crippen LogP contribution in [0.3, 0.4) is 0 Å². The van der Waals surface area contributed by atoms with E-state index >= 15 is 0 Å². The summed E-state index contributed by atoms with van der Waals surface area (Å²) in [7, 11) is 0. The Hall–Kier alpha value is -0.670. The third-order valence-corrected chi connectivity index (χ3v) is 6.78. The monoisotopic (exact) mass is 334 g/mol. The lowest BCUT2D eigenvalue weighted by Gasteiger charge is -2.41. The molecule has 3 fully saturated rings. The summed E-state index contributed by atoms with van der Waals surface area (Å²) in [5.41, 5.74) is 0.000585. The molecule has 1 heterocycles. The molecular weight excluding hydrogens is 300 g/mol. The summed E-state index contributed by atoms with van der Waals surface area (Å²) in [5, 5.41) is 0. The molecule has 0 N–H and O–H groups in total. The molecule has 0 radical (unpaired) electrons. The second-order valence-electron chi connectivity index (χ2n) is 9.29. The molecule has 1 unspecified atom stereocenters. The second-order valence-corrected chi connectivity index (χ2v) is 9.29. The normalized spacial score (nSPS) is 43.3. The third-order valence-electron chi connectivity index (χ3n) is 6.78. The standard InChI is InChI=1S/C21H34O3/c1-15(8-6-12-20(4)14-23-19(2,3)24-20)16-10-11-17-18(22)9-7-13-21(16,17)5/h6,8,15-17H,7,9-14H2,1-5H3/t15?,16-,17+,20+,21-/m1/s1. The highest BCUT2D eigenvalue weighted by Crippen LogP contribution is 2.56. The SMILES string of the molecule is CC(C=CC[C@@]1(C)COC(C)(C)O1)[C@H]1CC[C@H]2C(=O)CCC[C@]12C. The van der Waals surface area contributed by atoms with E-state index in [1.807, 2.05) is 13.8 Å². The van der Waals surface area contributed by atoms with Crippen LogP contribution in [0.25, 0.3) is 0 Å². The van der Waals surface area contributed by atoms with Crippen LogP contribution in [0, 0.1) is 23.2 Å². The van der Waals surface area contributed by atoms with E-state index < -0.39 is 5.79 Å². The molecule has 0 spiro atoms. The van der Waals surface area contributed by atoms with Gasteiger partial charge in [-0.15, -0.1) is 0 Å². The van der Waals surface area contributed by atoms with Crippen molar-refractivity contribution in [3.05, 3.63) is 12.2 Å². The number of allylic oxidation sites excluding steroid dienone is 1. The van der Waals surface area contributed by atoms with Crippen molar-refractivity contribution >= 4 is 5.78 Å². The number of rotatable bonds is 4. The molecule has 3 nitrogen and oxygen atoms in total. The van der Waals surface area contributed by atoms with Gasteiger partial charge in [-0.1, -0.05) is 26.0 Å². The molecular formula is C21H34O3. The summed E-state index contributed by atoms with van der Waals surface area (Å²) in [6.07, 6.45) is 10.9. The molecule has 136 valence electrons. The Morgan fingerprint density at radius 2 is 2.00 bits per heavy atom. The van der Waals surface area contributed by atoms with Crippen LogP contribution in [-0.4, -0.2) is 23.8 Å². The number of fused-ring (bicyclic) bond motifs is 1. The molecule has 5 atom stereocenters. The van der Waals surface area contributed by atoms with Gasteiger partial charge in [0, 0.05) is 12.3 Å².